The van der Waals surface area contributed by atoms with Crippen LogP contribution in [-0.4, -0.2) is 81.8 Å². The third-order valence-corrected chi connectivity index (χ3v) is 6.68. The molecule has 2 aliphatic rings. The zero-order valence-electron chi connectivity index (χ0n) is 20.9. The van der Waals surface area contributed by atoms with Gasteiger partial charge < -0.3 is 30.2 Å². The number of rotatable bonds is 11. The van der Waals surface area contributed by atoms with E-state index in [2.05, 4.69) is 20.6 Å². The monoisotopic (exact) mass is 510 g/mol. The number of carbonyl (C=O) groups is 4. The molecular formula is C26H34N6O5. The summed E-state index contributed by atoms with van der Waals surface area (Å²) < 4.78 is 5.32. The van der Waals surface area contributed by atoms with Crippen molar-refractivity contribution in [2.24, 2.45) is 0 Å². The van der Waals surface area contributed by atoms with Crippen LogP contribution in [0.5, 0.6) is 0 Å². The molecule has 2 fully saturated rings. The van der Waals surface area contributed by atoms with E-state index in [9.17, 15) is 19.2 Å². The average Bonchev–Trinajstić information content (AvgIpc) is 3.68. The van der Waals surface area contributed by atoms with Gasteiger partial charge in [-0.15, -0.1) is 0 Å². The highest BCUT2D eigenvalue weighted by atomic mass is 16.5. The van der Waals surface area contributed by atoms with Crippen LogP contribution in [-0.2, 0) is 32.1 Å². The third kappa shape index (κ3) is 7.31. The van der Waals surface area contributed by atoms with Crippen LogP contribution >= 0.6 is 0 Å². The van der Waals surface area contributed by atoms with E-state index in [1.54, 1.807) is 6.20 Å². The van der Waals surface area contributed by atoms with Gasteiger partial charge in [0.15, 0.2) is 0 Å². The lowest BCUT2D eigenvalue weighted by Gasteiger charge is -2.28. The highest BCUT2D eigenvalue weighted by Crippen LogP contribution is 2.20. The first-order valence-corrected chi connectivity index (χ1v) is 12.8. The molecular weight excluding hydrogens is 476 g/mol. The van der Waals surface area contributed by atoms with Crippen molar-refractivity contribution in [3.05, 3.63) is 54.1 Å². The van der Waals surface area contributed by atoms with Gasteiger partial charge in [-0.2, -0.15) is 0 Å². The number of benzene rings is 1. The molecule has 2 atom stereocenters. The SMILES string of the molecule is O=C(N[C@@H](Cc1c[nH]cn1)C(=O)N1CCC[C@H]1C(=O)NCCCN1CCCC1=O)OCc1ccccc1. The van der Waals surface area contributed by atoms with E-state index in [0.29, 0.717) is 51.0 Å². The number of aromatic nitrogens is 2. The average molecular weight is 511 g/mol. The van der Waals surface area contributed by atoms with Crippen LogP contribution in [0.15, 0.2) is 42.9 Å². The molecule has 0 unspecified atom stereocenters. The Morgan fingerprint density at radius 2 is 2.00 bits per heavy atom. The molecule has 0 spiro atoms. The number of hydrogen-bond acceptors (Lipinski definition) is 6. The van der Waals surface area contributed by atoms with Crippen molar-refractivity contribution in [2.45, 2.75) is 57.2 Å². The zero-order valence-corrected chi connectivity index (χ0v) is 20.9. The van der Waals surface area contributed by atoms with Crippen LogP contribution in [0.4, 0.5) is 4.79 Å². The van der Waals surface area contributed by atoms with Gasteiger partial charge in [0.2, 0.25) is 17.7 Å². The van der Waals surface area contributed by atoms with E-state index < -0.39 is 18.2 Å². The van der Waals surface area contributed by atoms with Crippen LogP contribution in [0, 0.1) is 0 Å². The Morgan fingerprint density at radius 3 is 2.73 bits per heavy atom. The number of carbonyl (C=O) groups excluding carboxylic acids is 4. The maximum Gasteiger partial charge on any atom is 0.408 e. The van der Waals surface area contributed by atoms with E-state index in [4.69, 9.17) is 4.74 Å². The number of hydrogen-bond donors (Lipinski definition) is 3. The number of alkyl carbamates (subject to hydrolysis) is 1. The summed E-state index contributed by atoms with van der Waals surface area (Å²) in [4.78, 5) is 61.2. The first-order valence-electron chi connectivity index (χ1n) is 12.8. The molecule has 2 saturated heterocycles. The van der Waals surface area contributed by atoms with Gasteiger partial charge in [-0.3, -0.25) is 14.4 Å². The molecule has 0 bridgehead atoms. The van der Waals surface area contributed by atoms with Crippen molar-refractivity contribution in [1.29, 1.82) is 0 Å². The fourth-order valence-electron chi connectivity index (χ4n) is 4.76. The first-order chi connectivity index (χ1) is 18.0. The lowest BCUT2D eigenvalue weighted by Crippen LogP contribution is -2.54. The van der Waals surface area contributed by atoms with Crippen molar-refractivity contribution >= 4 is 23.8 Å². The standard InChI is InChI=1S/C26H34N6O5/c33-23-10-5-12-31(23)13-6-11-28-24(34)22-9-4-14-32(22)25(35)21(15-20-16-27-18-29-20)30-26(36)37-17-19-7-2-1-3-8-19/h1-3,7-8,16,18,21-22H,4-6,9-15,17H2,(H,27,29)(H,28,34)(H,30,36)/t21-,22-/m0/s1. The Labute approximate surface area is 215 Å². The predicted octanol–water partition coefficient (Wildman–Crippen LogP) is 1.37. The molecule has 11 nitrogen and oxygen atoms in total. The number of nitrogens with one attached hydrogen (secondary N) is 3. The Hall–Kier alpha value is -3.89. The highest BCUT2D eigenvalue weighted by molar-refractivity contribution is 5.92. The van der Waals surface area contributed by atoms with E-state index in [1.807, 2.05) is 35.2 Å². The van der Waals surface area contributed by atoms with Crippen LogP contribution in [0.25, 0.3) is 0 Å². The van der Waals surface area contributed by atoms with Gasteiger partial charge in [-0.1, -0.05) is 30.3 Å². The van der Waals surface area contributed by atoms with Gasteiger partial charge in [0.05, 0.1) is 12.0 Å². The maximum absolute atomic E-state index is 13.5. The van der Waals surface area contributed by atoms with E-state index in [0.717, 1.165) is 18.5 Å². The van der Waals surface area contributed by atoms with Crippen LogP contribution in [0.2, 0.25) is 0 Å². The first kappa shape index (κ1) is 26.2. The molecule has 1 aromatic carbocycles. The lowest BCUT2D eigenvalue weighted by atomic mass is 10.1. The molecule has 4 amide bonds. The highest BCUT2D eigenvalue weighted by Gasteiger charge is 2.38. The fraction of sp³-hybridized carbons (Fsp3) is 0.500. The van der Waals surface area contributed by atoms with Crippen LogP contribution in [0.3, 0.4) is 0 Å². The van der Waals surface area contributed by atoms with Crippen molar-refractivity contribution in [3.63, 3.8) is 0 Å². The summed E-state index contributed by atoms with van der Waals surface area (Å²) in [5.74, 6) is -0.402. The molecule has 0 aliphatic carbocycles. The summed E-state index contributed by atoms with van der Waals surface area (Å²) in [6.45, 7) is 2.33. The summed E-state index contributed by atoms with van der Waals surface area (Å²) in [5.41, 5.74) is 1.44. The quantitative estimate of drug-likeness (QED) is 0.391. The van der Waals surface area contributed by atoms with Gasteiger partial charge in [-0.25, -0.2) is 9.78 Å². The minimum Gasteiger partial charge on any atom is -0.445 e. The Balaban J connectivity index is 1.32. The number of H-pyrrole nitrogens is 1. The fourth-order valence-corrected chi connectivity index (χ4v) is 4.76. The number of amides is 4. The Morgan fingerprint density at radius 1 is 1.16 bits per heavy atom. The van der Waals surface area contributed by atoms with Crippen molar-refractivity contribution in [1.82, 2.24) is 30.4 Å². The number of imidazole rings is 1. The van der Waals surface area contributed by atoms with E-state index in [-0.39, 0.29) is 30.7 Å². The third-order valence-electron chi connectivity index (χ3n) is 6.68. The molecule has 3 heterocycles. The van der Waals surface area contributed by atoms with Gasteiger partial charge in [0, 0.05) is 45.2 Å². The summed E-state index contributed by atoms with van der Waals surface area (Å²) in [6.07, 6.45) is 6.01. The Bertz CT molecular complexity index is 1060. The molecule has 198 valence electrons. The molecule has 1 aromatic heterocycles. The number of aromatic amines is 1. The number of ether oxygens (including phenoxy) is 1. The molecule has 2 aliphatic heterocycles. The van der Waals surface area contributed by atoms with Crippen molar-refractivity contribution in [2.75, 3.05) is 26.2 Å². The summed E-state index contributed by atoms with van der Waals surface area (Å²) in [5, 5.41) is 5.59. The summed E-state index contributed by atoms with van der Waals surface area (Å²) in [7, 11) is 0. The molecule has 37 heavy (non-hydrogen) atoms. The molecule has 4 rings (SSSR count). The van der Waals surface area contributed by atoms with Crippen molar-refractivity contribution in [3.8, 4) is 0 Å². The van der Waals surface area contributed by atoms with Crippen molar-refractivity contribution < 1.29 is 23.9 Å². The summed E-state index contributed by atoms with van der Waals surface area (Å²) in [6, 6.07) is 7.73. The van der Waals surface area contributed by atoms with Gasteiger partial charge in [0.1, 0.15) is 18.7 Å². The second-order valence-corrected chi connectivity index (χ2v) is 9.34. The minimum absolute atomic E-state index is 0.0771. The van der Waals surface area contributed by atoms with Crippen LogP contribution in [0.1, 0.15) is 43.4 Å². The largest absolute Gasteiger partial charge is 0.445 e. The topological polar surface area (TPSA) is 137 Å². The zero-order chi connectivity index (χ0) is 26.0. The van der Waals surface area contributed by atoms with Gasteiger partial charge >= 0.3 is 6.09 Å². The van der Waals surface area contributed by atoms with Gasteiger partial charge in [0.25, 0.3) is 0 Å². The smallest absolute Gasteiger partial charge is 0.408 e. The molecule has 11 heteroatoms. The number of nitrogens with zero attached hydrogens (tertiary/aromatic N) is 3. The molecule has 2 aromatic rings. The second-order valence-electron chi connectivity index (χ2n) is 9.34. The molecule has 0 radical (unpaired) electrons. The Kier molecular flexibility index (Phi) is 9.12. The maximum atomic E-state index is 13.5. The van der Waals surface area contributed by atoms with E-state index >= 15 is 0 Å². The number of likely N-dealkylation sites (tertiary alicyclic amines) is 2. The minimum atomic E-state index is -0.929. The van der Waals surface area contributed by atoms with Gasteiger partial charge in [-0.05, 0) is 31.2 Å². The molecule has 0 saturated carbocycles. The lowest BCUT2D eigenvalue weighted by molar-refractivity contribution is -0.140. The summed E-state index contributed by atoms with van der Waals surface area (Å²) >= 11 is 0. The van der Waals surface area contributed by atoms with E-state index in [1.165, 1.54) is 11.2 Å². The predicted molar refractivity (Wildman–Crippen MR) is 134 cm³/mol. The second kappa shape index (κ2) is 12.9. The normalized spacial score (nSPS) is 18.1. The van der Waals surface area contributed by atoms with Crippen LogP contribution < -0.4 is 10.6 Å². The molecule has 3 N–H and O–H groups in total.